The van der Waals surface area contributed by atoms with Crippen molar-refractivity contribution in [1.82, 2.24) is 14.1 Å². The number of ether oxygens (including phenoxy) is 1. The van der Waals surface area contributed by atoms with Gasteiger partial charge in [0.2, 0.25) is 5.88 Å². The molecular formula is C25H30FN3O6S. The average molecular weight is 520 g/mol. The Balaban J connectivity index is 1.89. The van der Waals surface area contributed by atoms with E-state index >= 15 is 0 Å². The van der Waals surface area contributed by atoms with Crippen LogP contribution in [0.2, 0.25) is 0 Å². The Labute approximate surface area is 208 Å². The quantitative estimate of drug-likeness (QED) is 0.454. The zero-order valence-electron chi connectivity index (χ0n) is 20.9. The Morgan fingerprint density at radius 2 is 1.94 bits per heavy atom. The summed E-state index contributed by atoms with van der Waals surface area (Å²) in [5, 5.41) is 10.7. The van der Waals surface area contributed by atoms with Gasteiger partial charge in [-0.15, -0.1) is 0 Å². The minimum Gasteiger partial charge on any atom is -0.478 e. The second kappa shape index (κ2) is 8.81. The number of Topliss-reactive ketones (excluding diaryl/α,β-unsaturated/α-hetero) is 1. The highest BCUT2D eigenvalue weighted by Crippen LogP contribution is 2.37. The summed E-state index contributed by atoms with van der Waals surface area (Å²) in [4.78, 5) is 30.7. The zero-order chi connectivity index (χ0) is 26.6. The third-order valence-electron chi connectivity index (χ3n) is 6.67. The van der Waals surface area contributed by atoms with E-state index in [0.29, 0.717) is 23.2 Å². The summed E-state index contributed by atoms with van der Waals surface area (Å²) in [6.45, 7) is 8.59. The number of fused-ring (bicyclic) bond motifs is 1. The highest BCUT2D eigenvalue weighted by molar-refractivity contribution is 7.92. The second-order valence-corrected chi connectivity index (χ2v) is 12.4. The number of pyridine rings is 1. The van der Waals surface area contributed by atoms with Crippen LogP contribution in [-0.2, 0) is 9.84 Å². The summed E-state index contributed by atoms with van der Waals surface area (Å²) in [5.74, 6) is -0.948. The molecule has 3 heterocycles. The van der Waals surface area contributed by atoms with Gasteiger partial charge in [-0.2, -0.15) is 0 Å². The van der Waals surface area contributed by atoms with Crippen molar-refractivity contribution in [1.29, 1.82) is 0 Å². The summed E-state index contributed by atoms with van der Waals surface area (Å²) in [6, 6.07) is 5.23. The maximum Gasteiger partial charge on any atom is 0.334 e. The number of rotatable bonds is 8. The van der Waals surface area contributed by atoms with Crippen molar-refractivity contribution >= 4 is 26.7 Å². The van der Waals surface area contributed by atoms with Gasteiger partial charge in [-0.3, -0.25) is 13.9 Å². The van der Waals surface area contributed by atoms with Crippen LogP contribution in [0.3, 0.4) is 0 Å². The van der Waals surface area contributed by atoms with E-state index < -0.39 is 38.4 Å². The van der Waals surface area contributed by atoms with Crippen LogP contribution in [0, 0.1) is 11.2 Å². The molecule has 0 saturated carbocycles. The first-order valence-corrected chi connectivity index (χ1v) is 13.5. The molecule has 1 aliphatic heterocycles. The molecule has 36 heavy (non-hydrogen) atoms. The van der Waals surface area contributed by atoms with E-state index in [0.717, 1.165) is 6.20 Å². The maximum atomic E-state index is 14.9. The van der Waals surface area contributed by atoms with Crippen molar-refractivity contribution < 1.29 is 27.4 Å². The van der Waals surface area contributed by atoms with E-state index in [2.05, 4.69) is 4.98 Å². The van der Waals surface area contributed by atoms with E-state index in [1.807, 2.05) is 0 Å². The number of carbonyl (C=O) groups excluding carboxylic acids is 1. The van der Waals surface area contributed by atoms with Gasteiger partial charge in [0.05, 0.1) is 52.7 Å². The van der Waals surface area contributed by atoms with E-state index in [9.17, 15) is 27.5 Å². The van der Waals surface area contributed by atoms with Gasteiger partial charge in [-0.05, 0) is 45.9 Å². The molecule has 1 fully saturated rings. The zero-order valence-corrected chi connectivity index (χ0v) is 21.7. The van der Waals surface area contributed by atoms with Gasteiger partial charge in [0, 0.05) is 23.5 Å². The summed E-state index contributed by atoms with van der Waals surface area (Å²) in [6.07, 6.45) is 1.01. The standard InChI is InChI=1S/C25H30FN3O6S/c1-6-35-22-10-19(17(26)12-27-22)29-18-8-7-16(21(30)11-25(5)13-36(33,34)14-25)9-20(18)28(23(29)31)15(2)24(3,4)32/h7-10,12,15,32H,6,11,13-14H2,1-5H3. The summed E-state index contributed by atoms with van der Waals surface area (Å²) < 4.78 is 46.1. The topological polar surface area (TPSA) is 120 Å². The molecule has 1 atom stereocenters. The molecule has 0 radical (unpaired) electrons. The fourth-order valence-electron chi connectivity index (χ4n) is 4.73. The summed E-state index contributed by atoms with van der Waals surface area (Å²) in [5.41, 5.74) is -1.66. The lowest BCUT2D eigenvalue weighted by Crippen LogP contribution is -2.47. The van der Waals surface area contributed by atoms with Gasteiger partial charge in [0.15, 0.2) is 21.4 Å². The molecule has 11 heteroatoms. The molecule has 1 saturated heterocycles. The number of hydrogen-bond donors (Lipinski definition) is 1. The number of nitrogens with zero attached hydrogens (tertiary/aromatic N) is 3. The first kappa shape index (κ1) is 26.0. The van der Waals surface area contributed by atoms with E-state index in [1.165, 1.54) is 21.3 Å². The Hall–Kier alpha value is -3.05. The van der Waals surface area contributed by atoms with Gasteiger partial charge >= 0.3 is 5.69 Å². The van der Waals surface area contributed by atoms with Crippen LogP contribution >= 0.6 is 0 Å². The Bertz CT molecular complexity index is 1510. The van der Waals surface area contributed by atoms with Gasteiger partial charge < -0.3 is 9.84 Å². The number of aliphatic hydroxyl groups is 1. The lowest BCUT2D eigenvalue weighted by molar-refractivity contribution is 0.0307. The number of sulfone groups is 1. The van der Waals surface area contributed by atoms with Gasteiger partial charge in [-0.25, -0.2) is 22.6 Å². The average Bonchev–Trinajstić information content (AvgIpc) is 3.03. The SMILES string of the molecule is CCOc1cc(-n2c(=O)n(C(C)C(C)(C)O)c3cc(C(=O)CC4(C)CS(=O)(=O)C4)ccc32)c(F)cn1. The molecule has 1 unspecified atom stereocenters. The fraction of sp³-hybridized carbons (Fsp3) is 0.480. The largest absolute Gasteiger partial charge is 0.478 e. The molecule has 1 aromatic carbocycles. The molecule has 4 rings (SSSR count). The van der Waals surface area contributed by atoms with Crippen LogP contribution in [0.25, 0.3) is 16.7 Å². The first-order chi connectivity index (χ1) is 16.7. The van der Waals surface area contributed by atoms with Crippen LogP contribution < -0.4 is 10.4 Å². The number of hydrogen-bond acceptors (Lipinski definition) is 7. The Morgan fingerprint density at radius 1 is 1.28 bits per heavy atom. The van der Waals surface area contributed by atoms with Crippen molar-refractivity contribution in [2.45, 2.75) is 52.7 Å². The summed E-state index contributed by atoms with van der Waals surface area (Å²) >= 11 is 0. The van der Waals surface area contributed by atoms with E-state index in [1.54, 1.807) is 46.8 Å². The lowest BCUT2D eigenvalue weighted by atomic mass is 9.86. The molecule has 2 aromatic heterocycles. The maximum absolute atomic E-state index is 14.9. The monoisotopic (exact) mass is 519 g/mol. The smallest absolute Gasteiger partial charge is 0.334 e. The number of aromatic nitrogens is 3. The van der Waals surface area contributed by atoms with Crippen molar-refractivity contribution in [2.75, 3.05) is 18.1 Å². The second-order valence-electron chi connectivity index (χ2n) is 10.4. The van der Waals surface area contributed by atoms with Crippen LogP contribution in [-0.4, -0.2) is 57.1 Å². The highest BCUT2D eigenvalue weighted by atomic mass is 32.2. The number of benzene rings is 1. The van der Waals surface area contributed by atoms with Gasteiger partial charge in [0.25, 0.3) is 0 Å². The van der Waals surface area contributed by atoms with Crippen LogP contribution in [0.15, 0.2) is 35.3 Å². The molecule has 0 bridgehead atoms. The molecule has 0 spiro atoms. The number of halogens is 1. The van der Waals surface area contributed by atoms with Crippen LogP contribution in [0.1, 0.15) is 57.4 Å². The predicted molar refractivity (Wildman–Crippen MR) is 133 cm³/mol. The molecule has 0 aliphatic carbocycles. The number of ketones is 1. The first-order valence-electron chi connectivity index (χ1n) is 11.7. The third kappa shape index (κ3) is 4.69. The molecule has 1 aliphatic rings. The summed E-state index contributed by atoms with van der Waals surface area (Å²) in [7, 11) is -3.11. The molecule has 1 N–H and O–H groups in total. The molecule has 194 valence electrons. The lowest BCUT2D eigenvalue weighted by Gasteiger charge is -2.37. The van der Waals surface area contributed by atoms with E-state index in [-0.39, 0.29) is 35.3 Å². The van der Waals surface area contributed by atoms with Gasteiger partial charge in [-0.1, -0.05) is 6.92 Å². The normalized spacial score (nSPS) is 17.5. The van der Waals surface area contributed by atoms with Crippen LogP contribution in [0.5, 0.6) is 5.88 Å². The predicted octanol–water partition coefficient (Wildman–Crippen LogP) is 3.06. The Kier molecular flexibility index (Phi) is 6.37. The van der Waals surface area contributed by atoms with Gasteiger partial charge in [0.1, 0.15) is 0 Å². The minimum atomic E-state index is -3.11. The molecule has 0 amide bonds. The minimum absolute atomic E-state index is 0.0421. The Morgan fingerprint density at radius 3 is 2.53 bits per heavy atom. The van der Waals surface area contributed by atoms with Crippen molar-refractivity contribution in [3.63, 3.8) is 0 Å². The van der Waals surface area contributed by atoms with Crippen molar-refractivity contribution in [3.8, 4) is 11.6 Å². The highest BCUT2D eigenvalue weighted by Gasteiger charge is 2.45. The van der Waals surface area contributed by atoms with E-state index in [4.69, 9.17) is 4.74 Å². The van der Waals surface area contributed by atoms with Crippen molar-refractivity contribution in [2.24, 2.45) is 5.41 Å². The molecular weight excluding hydrogens is 489 g/mol. The fourth-order valence-corrected chi connectivity index (χ4v) is 6.98. The number of imidazole rings is 1. The van der Waals surface area contributed by atoms with Crippen molar-refractivity contribution in [3.05, 3.63) is 52.3 Å². The van der Waals surface area contributed by atoms with Crippen LogP contribution in [0.4, 0.5) is 4.39 Å². The molecule has 3 aromatic rings. The number of carbonyl (C=O) groups is 1. The third-order valence-corrected chi connectivity index (χ3v) is 8.95. The molecule has 9 nitrogen and oxygen atoms in total.